The van der Waals surface area contributed by atoms with Crippen molar-refractivity contribution in [1.29, 1.82) is 0 Å². The van der Waals surface area contributed by atoms with Crippen molar-refractivity contribution in [2.45, 2.75) is 60.1 Å². The van der Waals surface area contributed by atoms with Crippen LogP contribution in [-0.2, 0) is 28.8 Å². The Hall–Kier alpha value is -1.44. The first kappa shape index (κ1) is 33.6. The van der Waals surface area contributed by atoms with Gasteiger partial charge < -0.3 is 24.8 Å². The van der Waals surface area contributed by atoms with Gasteiger partial charge in [-0.05, 0) is 16.5 Å². The van der Waals surface area contributed by atoms with Crippen molar-refractivity contribution in [3.05, 3.63) is 107 Å². The molecule has 0 amide bonds. The van der Waals surface area contributed by atoms with Gasteiger partial charge >= 0.3 is 41.9 Å². The van der Waals surface area contributed by atoms with Crippen LogP contribution in [0.25, 0.3) is 32.7 Å². The fourth-order valence-corrected chi connectivity index (χ4v) is 4.30. The number of aryl methyl sites for hydroxylation is 3. The molecule has 4 heteroatoms. The topological polar surface area (TPSA) is 0 Å². The third-order valence-corrected chi connectivity index (χ3v) is 6.29. The van der Waals surface area contributed by atoms with Gasteiger partial charge in [-0.1, -0.05) is 83.5 Å². The van der Waals surface area contributed by atoms with E-state index in [-0.39, 0.29) is 35.7 Å². The Morgan fingerprint density at radius 1 is 0.703 bits per heavy atom. The molecular weight excluding hydrogens is 587 g/mol. The zero-order valence-corrected chi connectivity index (χ0v) is 28.3. The van der Waals surface area contributed by atoms with Crippen LogP contribution in [0.3, 0.4) is 0 Å². The molecular formula is C33H38Cl2SiZr-2. The van der Waals surface area contributed by atoms with Crippen LogP contribution < -0.4 is 24.8 Å². The zero-order chi connectivity index (χ0) is 25.8. The molecule has 0 atom stereocenters. The molecule has 5 aromatic carbocycles. The molecule has 0 saturated carbocycles. The summed E-state index contributed by atoms with van der Waals surface area (Å²) in [7, 11) is 0. The van der Waals surface area contributed by atoms with Crippen molar-refractivity contribution in [3.8, 4) is 11.1 Å². The molecule has 5 aromatic rings. The first-order valence-electron chi connectivity index (χ1n) is 12.4. The van der Waals surface area contributed by atoms with Crippen molar-refractivity contribution in [3.63, 3.8) is 0 Å². The van der Waals surface area contributed by atoms with Gasteiger partial charge in [0.25, 0.3) is 0 Å². The van der Waals surface area contributed by atoms with Crippen molar-refractivity contribution in [2.24, 2.45) is 0 Å². The van der Waals surface area contributed by atoms with E-state index in [9.17, 15) is 0 Å². The molecule has 5 rings (SSSR count). The van der Waals surface area contributed by atoms with Crippen LogP contribution >= 0.6 is 0 Å². The van der Waals surface area contributed by atoms with E-state index in [0.29, 0.717) is 0 Å². The SMILES string of the molecule is C[Si](C)=[Zr+2].Cc1[cH-]c2ccccc2c1C.Cc1cc2c(-c3ccc(C(C)(C)C)cc3)cccc2[cH-]1.[Cl-].[Cl-]. The van der Waals surface area contributed by atoms with Crippen LogP contribution in [-0.4, -0.2) is 5.43 Å². The number of fused-ring (bicyclic) bond motifs is 2. The fraction of sp³-hybridized carbons (Fsp3) is 0.273. The van der Waals surface area contributed by atoms with E-state index in [4.69, 9.17) is 0 Å². The molecule has 0 heterocycles. The summed E-state index contributed by atoms with van der Waals surface area (Å²) in [5, 5.41) is 5.45. The average molecular weight is 625 g/mol. The first-order chi connectivity index (χ1) is 16.5. The molecule has 0 fully saturated rings. The molecule has 0 aliphatic rings. The quantitative estimate of drug-likeness (QED) is 0.197. The third-order valence-electron chi connectivity index (χ3n) is 6.29. The van der Waals surface area contributed by atoms with Crippen LogP contribution in [0, 0.1) is 20.8 Å². The number of hydrogen-bond acceptors (Lipinski definition) is 0. The maximum Gasteiger partial charge on any atom is -0.0132 e. The standard InChI is InChI=1S/C20H21.C11H11.C2H6Si.2ClH.Zr/c1-14-12-16-6-5-7-18(19(16)13-14)15-8-10-17(11-9-15)20(2,3)4;1-8-7-10-5-3-4-6-11(10)9(8)2;1-3-2;;;/h5-13H,1-4H3;3-7H,1-2H3;1-2H3;2*1H;/q2*-1;;;;+2/p-2. The normalized spacial score (nSPS) is 10.4. The Morgan fingerprint density at radius 2 is 1.24 bits per heavy atom. The monoisotopic (exact) mass is 622 g/mol. The van der Waals surface area contributed by atoms with E-state index in [0.717, 1.165) is 0 Å². The smallest absolute Gasteiger partial charge is 0.0132 e. The predicted octanol–water partition coefficient (Wildman–Crippen LogP) is 3.80. The minimum Gasteiger partial charge on any atom is -1.00 e. The van der Waals surface area contributed by atoms with Crippen molar-refractivity contribution < 1.29 is 48.1 Å². The average Bonchev–Trinajstić information content (AvgIpc) is 3.31. The predicted molar refractivity (Wildman–Crippen MR) is 155 cm³/mol. The second kappa shape index (κ2) is 14.6. The van der Waals surface area contributed by atoms with E-state index in [1.165, 1.54) is 54.9 Å². The van der Waals surface area contributed by atoms with Gasteiger partial charge in [0.05, 0.1) is 0 Å². The molecule has 0 nitrogen and oxygen atoms in total. The van der Waals surface area contributed by atoms with Crippen molar-refractivity contribution in [2.75, 3.05) is 0 Å². The van der Waals surface area contributed by atoms with E-state index in [1.54, 1.807) is 23.3 Å². The van der Waals surface area contributed by atoms with Crippen LogP contribution in [0.1, 0.15) is 43.0 Å². The summed E-state index contributed by atoms with van der Waals surface area (Å²) >= 11 is 1.74. The number of hydrogen-bond donors (Lipinski definition) is 0. The molecule has 194 valence electrons. The van der Waals surface area contributed by atoms with E-state index in [2.05, 4.69) is 140 Å². The van der Waals surface area contributed by atoms with Crippen molar-refractivity contribution >= 4 is 27.0 Å². The molecule has 37 heavy (non-hydrogen) atoms. The maximum absolute atomic E-state index is 2.31. The molecule has 0 spiro atoms. The molecule has 0 saturated heterocycles. The van der Waals surface area contributed by atoms with Gasteiger partial charge in [0, 0.05) is 0 Å². The maximum atomic E-state index is 2.31. The summed E-state index contributed by atoms with van der Waals surface area (Å²) in [6.07, 6.45) is 0. The van der Waals surface area contributed by atoms with Gasteiger partial charge in [0.2, 0.25) is 0 Å². The van der Waals surface area contributed by atoms with E-state index >= 15 is 0 Å². The summed E-state index contributed by atoms with van der Waals surface area (Å²) in [6.45, 7) is 17.9. The van der Waals surface area contributed by atoms with Crippen LogP contribution in [0.2, 0.25) is 13.1 Å². The number of halogens is 2. The van der Waals surface area contributed by atoms with E-state index < -0.39 is 0 Å². The molecule has 0 bridgehead atoms. The zero-order valence-electron chi connectivity index (χ0n) is 23.3. The summed E-state index contributed by atoms with van der Waals surface area (Å²) in [4.78, 5) is 0. The Balaban J connectivity index is 0.000000342. The molecule has 0 radical (unpaired) electrons. The molecule has 0 aliphatic carbocycles. The minimum absolute atomic E-state index is 0. The molecule has 0 aliphatic heterocycles. The Labute approximate surface area is 251 Å². The summed E-state index contributed by atoms with van der Waals surface area (Å²) in [6, 6.07) is 30.8. The first-order valence-corrected chi connectivity index (χ1v) is 18.6. The van der Waals surface area contributed by atoms with Gasteiger partial charge in [-0.2, -0.15) is 11.6 Å². The Bertz CT molecular complexity index is 1430. The minimum atomic E-state index is 0. The molecule has 0 N–H and O–H groups in total. The second-order valence-electron chi connectivity index (χ2n) is 10.7. The second-order valence-corrected chi connectivity index (χ2v) is 20.1. The number of rotatable bonds is 1. The van der Waals surface area contributed by atoms with Gasteiger partial charge in [-0.25, -0.2) is 0 Å². The van der Waals surface area contributed by atoms with Crippen molar-refractivity contribution in [1.82, 2.24) is 0 Å². The Morgan fingerprint density at radius 3 is 1.81 bits per heavy atom. The molecule has 0 unspecified atom stereocenters. The summed E-state index contributed by atoms with van der Waals surface area (Å²) in [5.74, 6) is 0. The summed E-state index contributed by atoms with van der Waals surface area (Å²) in [5.41, 5.74) is 8.58. The van der Waals surface area contributed by atoms with Crippen LogP contribution in [0.4, 0.5) is 0 Å². The molecule has 0 aromatic heterocycles. The summed E-state index contributed by atoms with van der Waals surface area (Å²) < 4.78 is 0. The number of benzene rings is 3. The largest absolute Gasteiger partial charge is 1.00 e. The van der Waals surface area contributed by atoms with Crippen LogP contribution in [0.15, 0.2) is 84.9 Å². The third kappa shape index (κ3) is 9.07. The van der Waals surface area contributed by atoms with Gasteiger partial charge in [0.15, 0.2) is 0 Å². The van der Waals surface area contributed by atoms with Gasteiger partial charge in [0.1, 0.15) is 0 Å². The Kier molecular flexibility index (Phi) is 13.3. The fourth-order valence-electron chi connectivity index (χ4n) is 4.30. The van der Waals surface area contributed by atoms with E-state index in [1.807, 2.05) is 0 Å². The van der Waals surface area contributed by atoms with Crippen LogP contribution in [0.5, 0.6) is 0 Å². The van der Waals surface area contributed by atoms with Gasteiger partial charge in [-0.3, -0.25) is 0 Å². The van der Waals surface area contributed by atoms with Gasteiger partial charge in [-0.15, -0.1) is 75.1 Å².